The lowest BCUT2D eigenvalue weighted by atomic mass is 9.98. The summed E-state index contributed by atoms with van der Waals surface area (Å²) >= 11 is 0. The lowest BCUT2D eigenvalue weighted by molar-refractivity contribution is -0.0492. The van der Waals surface area contributed by atoms with Crippen molar-refractivity contribution in [2.75, 3.05) is 32.9 Å². The minimum Gasteiger partial charge on any atom is -0.494 e. The number of hydrogen-bond acceptors (Lipinski definition) is 5. The van der Waals surface area contributed by atoms with Gasteiger partial charge >= 0.3 is 6.09 Å². The Bertz CT molecular complexity index is 789. The lowest BCUT2D eigenvalue weighted by Crippen LogP contribution is -2.29. The smallest absolute Gasteiger partial charge is 0.410 e. The topological polar surface area (TPSA) is 57.2 Å². The van der Waals surface area contributed by atoms with E-state index < -0.39 is 0 Å². The molecule has 0 radical (unpaired) electrons. The Morgan fingerprint density at radius 2 is 1.80 bits per heavy atom. The molecule has 0 N–H and O–H groups in total. The SMILES string of the molecule is O=C(OCc1ccccc1)N1CCC(c2ccc(OCCCC3OCCO3)cc2)C1. The normalized spacial score (nSPS) is 19.2. The van der Waals surface area contributed by atoms with Gasteiger partial charge in [-0.15, -0.1) is 0 Å². The number of carbonyl (C=O) groups is 1. The van der Waals surface area contributed by atoms with Crippen molar-refractivity contribution in [2.24, 2.45) is 0 Å². The van der Waals surface area contributed by atoms with Gasteiger partial charge in [0.2, 0.25) is 0 Å². The maximum absolute atomic E-state index is 12.4. The third kappa shape index (κ3) is 5.74. The minimum atomic E-state index is -0.239. The lowest BCUT2D eigenvalue weighted by Gasteiger charge is -2.17. The van der Waals surface area contributed by atoms with Crippen LogP contribution in [0.2, 0.25) is 0 Å². The van der Waals surface area contributed by atoms with E-state index in [9.17, 15) is 4.79 Å². The van der Waals surface area contributed by atoms with Gasteiger partial charge in [-0.3, -0.25) is 0 Å². The van der Waals surface area contributed by atoms with Gasteiger partial charge in [0.15, 0.2) is 6.29 Å². The third-order valence-electron chi connectivity index (χ3n) is 5.55. The van der Waals surface area contributed by atoms with Crippen LogP contribution in [0.15, 0.2) is 54.6 Å². The van der Waals surface area contributed by atoms with E-state index in [0.29, 0.717) is 38.9 Å². The van der Waals surface area contributed by atoms with Crippen molar-refractivity contribution in [3.63, 3.8) is 0 Å². The summed E-state index contributed by atoms with van der Waals surface area (Å²) in [4.78, 5) is 14.2. The van der Waals surface area contributed by atoms with Crippen molar-refractivity contribution in [1.29, 1.82) is 0 Å². The van der Waals surface area contributed by atoms with E-state index in [4.69, 9.17) is 18.9 Å². The zero-order valence-electron chi connectivity index (χ0n) is 17.2. The second-order valence-corrected chi connectivity index (χ2v) is 7.70. The van der Waals surface area contributed by atoms with E-state index in [1.54, 1.807) is 4.90 Å². The van der Waals surface area contributed by atoms with Gasteiger partial charge in [-0.05, 0) is 36.1 Å². The number of hydrogen-bond donors (Lipinski definition) is 0. The first-order valence-corrected chi connectivity index (χ1v) is 10.7. The summed E-state index contributed by atoms with van der Waals surface area (Å²) < 4.78 is 22.1. The number of benzene rings is 2. The molecule has 2 saturated heterocycles. The van der Waals surface area contributed by atoms with E-state index >= 15 is 0 Å². The zero-order chi connectivity index (χ0) is 20.6. The summed E-state index contributed by atoms with van der Waals surface area (Å²) in [6, 6.07) is 18.0. The van der Waals surface area contributed by atoms with Gasteiger partial charge in [0, 0.05) is 25.4 Å². The molecule has 0 spiro atoms. The molecule has 0 bridgehead atoms. The fourth-order valence-corrected chi connectivity index (χ4v) is 3.86. The van der Waals surface area contributed by atoms with Crippen LogP contribution in [0, 0.1) is 0 Å². The van der Waals surface area contributed by atoms with Gasteiger partial charge < -0.3 is 23.8 Å². The van der Waals surface area contributed by atoms with Gasteiger partial charge in [-0.2, -0.15) is 0 Å². The minimum absolute atomic E-state index is 0.0688. The fraction of sp³-hybridized carbons (Fsp3) is 0.458. The average Bonchev–Trinajstić information content (AvgIpc) is 3.49. The van der Waals surface area contributed by atoms with Crippen LogP contribution in [0.4, 0.5) is 4.79 Å². The number of carbonyl (C=O) groups excluding carboxylic acids is 1. The maximum atomic E-state index is 12.4. The molecule has 30 heavy (non-hydrogen) atoms. The summed E-state index contributed by atoms with van der Waals surface area (Å²) in [5.41, 5.74) is 2.23. The van der Waals surface area contributed by atoms with Crippen molar-refractivity contribution in [1.82, 2.24) is 4.90 Å². The highest BCUT2D eigenvalue weighted by molar-refractivity contribution is 5.68. The van der Waals surface area contributed by atoms with Crippen LogP contribution in [0.3, 0.4) is 0 Å². The predicted molar refractivity (Wildman–Crippen MR) is 112 cm³/mol. The molecule has 6 nitrogen and oxygen atoms in total. The summed E-state index contributed by atoms with van der Waals surface area (Å²) in [5.74, 6) is 1.20. The Kier molecular flexibility index (Phi) is 7.21. The molecule has 4 rings (SSSR count). The molecule has 160 valence electrons. The molecule has 2 aliphatic rings. The molecule has 2 aliphatic heterocycles. The molecule has 1 amide bonds. The number of likely N-dealkylation sites (tertiary alicyclic amines) is 1. The van der Waals surface area contributed by atoms with E-state index in [1.807, 2.05) is 42.5 Å². The molecule has 0 aromatic heterocycles. The number of rotatable bonds is 8. The Morgan fingerprint density at radius 3 is 2.57 bits per heavy atom. The Hall–Kier alpha value is -2.57. The van der Waals surface area contributed by atoms with Crippen molar-refractivity contribution in [3.8, 4) is 5.75 Å². The third-order valence-corrected chi connectivity index (χ3v) is 5.55. The summed E-state index contributed by atoms with van der Waals surface area (Å²) in [6.45, 7) is 3.75. The molecule has 6 heteroatoms. The van der Waals surface area contributed by atoms with Crippen molar-refractivity contribution in [2.45, 2.75) is 38.1 Å². The Morgan fingerprint density at radius 1 is 1.03 bits per heavy atom. The van der Waals surface area contributed by atoms with Gasteiger partial charge in [-0.25, -0.2) is 4.79 Å². The van der Waals surface area contributed by atoms with Crippen molar-refractivity contribution in [3.05, 3.63) is 65.7 Å². The van der Waals surface area contributed by atoms with Gasteiger partial charge in [0.05, 0.1) is 19.8 Å². The van der Waals surface area contributed by atoms with E-state index in [-0.39, 0.29) is 12.4 Å². The summed E-state index contributed by atoms with van der Waals surface area (Å²) in [6.07, 6.45) is 2.39. The van der Waals surface area contributed by atoms with Crippen molar-refractivity contribution < 1.29 is 23.7 Å². The van der Waals surface area contributed by atoms with Crippen LogP contribution in [-0.2, 0) is 20.8 Å². The fourth-order valence-electron chi connectivity index (χ4n) is 3.86. The highest BCUT2D eigenvalue weighted by Gasteiger charge is 2.28. The van der Waals surface area contributed by atoms with Crippen LogP contribution in [0.25, 0.3) is 0 Å². The molecule has 2 aromatic carbocycles. The summed E-state index contributed by atoms with van der Waals surface area (Å²) in [7, 11) is 0. The maximum Gasteiger partial charge on any atom is 0.410 e. The molecule has 0 saturated carbocycles. The molecule has 2 heterocycles. The summed E-state index contributed by atoms with van der Waals surface area (Å²) in [5, 5.41) is 0. The molecule has 2 fully saturated rings. The quantitative estimate of drug-likeness (QED) is 0.605. The van der Waals surface area contributed by atoms with Gasteiger partial charge in [0.25, 0.3) is 0 Å². The molecule has 2 aromatic rings. The van der Waals surface area contributed by atoms with Gasteiger partial charge in [-0.1, -0.05) is 42.5 Å². The standard InChI is InChI=1S/C24H29NO5/c26-24(30-18-19-5-2-1-3-6-19)25-13-12-21(17-25)20-8-10-22(11-9-20)27-14-4-7-23-28-15-16-29-23/h1-3,5-6,8-11,21,23H,4,7,12-18H2. The van der Waals surface area contributed by atoms with Crippen LogP contribution >= 0.6 is 0 Å². The van der Waals surface area contributed by atoms with Gasteiger partial charge in [0.1, 0.15) is 12.4 Å². The zero-order valence-corrected chi connectivity index (χ0v) is 17.2. The molecule has 1 atom stereocenters. The second-order valence-electron chi connectivity index (χ2n) is 7.70. The van der Waals surface area contributed by atoms with E-state index in [1.165, 1.54) is 5.56 Å². The monoisotopic (exact) mass is 411 g/mol. The second kappa shape index (κ2) is 10.5. The Balaban J connectivity index is 1.18. The first kappa shape index (κ1) is 20.7. The van der Waals surface area contributed by atoms with Crippen LogP contribution in [0.1, 0.15) is 36.3 Å². The molecular weight excluding hydrogens is 382 g/mol. The number of ether oxygens (including phenoxy) is 4. The molecular formula is C24H29NO5. The average molecular weight is 411 g/mol. The highest BCUT2D eigenvalue weighted by Crippen LogP contribution is 2.29. The predicted octanol–water partition coefficient (Wildman–Crippen LogP) is 4.34. The first-order valence-electron chi connectivity index (χ1n) is 10.7. The molecule has 0 aliphatic carbocycles. The highest BCUT2D eigenvalue weighted by atomic mass is 16.7. The van der Waals surface area contributed by atoms with Crippen LogP contribution in [0.5, 0.6) is 5.75 Å². The van der Waals surface area contributed by atoms with Crippen molar-refractivity contribution >= 4 is 6.09 Å². The Labute approximate surface area is 177 Å². The first-order chi connectivity index (χ1) is 14.8. The number of amides is 1. The largest absolute Gasteiger partial charge is 0.494 e. The van der Waals surface area contributed by atoms with E-state index in [2.05, 4.69) is 12.1 Å². The molecule has 1 unspecified atom stereocenters. The van der Waals surface area contributed by atoms with E-state index in [0.717, 1.165) is 37.1 Å². The van der Waals surface area contributed by atoms with Crippen LogP contribution < -0.4 is 4.74 Å². The van der Waals surface area contributed by atoms with Crippen LogP contribution in [-0.4, -0.2) is 50.2 Å². The number of nitrogens with zero attached hydrogens (tertiary/aromatic N) is 1.